The maximum Gasteiger partial charge on any atom is 0.215 e. The molecule has 0 fully saturated rings. The molecule has 1 unspecified atom stereocenters. The molecule has 0 spiro atoms. The number of benzene rings is 1. The molecule has 5 nitrogen and oxygen atoms in total. The van der Waals surface area contributed by atoms with Crippen LogP contribution in [0.5, 0.6) is 0 Å². The Balaban J connectivity index is 1.88. The van der Waals surface area contributed by atoms with Crippen molar-refractivity contribution in [3.05, 3.63) is 35.5 Å². The van der Waals surface area contributed by atoms with Crippen LogP contribution < -0.4 is 9.58 Å². The molecule has 0 amide bonds. The third kappa shape index (κ3) is 2.33. The lowest BCUT2D eigenvalue weighted by Crippen LogP contribution is -2.39. The minimum Gasteiger partial charge on any atom is -0.371 e. The van der Waals surface area contributed by atoms with Crippen LogP contribution in [-0.4, -0.2) is 17.8 Å². The van der Waals surface area contributed by atoms with Crippen molar-refractivity contribution in [3.63, 3.8) is 0 Å². The van der Waals surface area contributed by atoms with Crippen molar-refractivity contribution in [1.82, 2.24) is 4.68 Å². The molecule has 2 heterocycles. The number of anilines is 1. The molecule has 1 atom stereocenters. The number of hydrogen-bond acceptors (Lipinski definition) is 3. The predicted octanol–water partition coefficient (Wildman–Crippen LogP) is 2.95. The van der Waals surface area contributed by atoms with E-state index in [4.69, 9.17) is 0 Å². The summed E-state index contributed by atoms with van der Waals surface area (Å²) in [6.07, 6.45) is 1.08. The molecule has 0 aliphatic carbocycles. The first-order valence-electron chi connectivity index (χ1n) is 7.27. The molecule has 2 aromatic rings. The third-order valence-corrected chi connectivity index (χ3v) is 4.52. The SMILES string of the molecule is Cc1cc(N=Nc2ccc3c(c2)CC(C)N3C)n(C)[n+]1C. The fourth-order valence-corrected chi connectivity index (χ4v) is 2.80. The van der Waals surface area contributed by atoms with E-state index < -0.39 is 0 Å². The Labute approximate surface area is 125 Å². The Morgan fingerprint density at radius 3 is 2.62 bits per heavy atom. The van der Waals surface area contributed by atoms with Crippen LogP contribution in [0.15, 0.2) is 34.5 Å². The molecular formula is C16H22N5+. The van der Waals surface area contributed by atoms with E-state index >= 15 is 0 Å². The van der Waals surface area contributed by atoms with Gasteiger partial charge in [0.15, 0.2) is 7.05 Å². The summed E-state index contributed by atoms with van der Waals surface area (Å²) in [5.74, 6) is 0.862. The lowest BCUT2D eigenvalue weighted by atomic mass is 10.1. The normalized spacial score (nSPS) is 17.8. The Bertz CT molecular complexity index is 714. The van der Waals surface area contributed by atoms with Crippen LogP contribution in [0.3, 0.4) is 0 Å². The van der Waals surface area contributed by atoms with E-state index in [1.54, 1.807) is 0 Å². The van der Waals surface area contributed by atoms with Gasteiger partial charge in [0, 0.05) is 25.7 Å². The van der Waals surface area contributed by atoms with E-state index in [9.17, 15) is 0 Å². The maximum absolute atomic E-state index is 4.39. The lowest BCUT2D eigenvalue weighted by molar-refractivity contribution is -0.755. The highest BCUT2D eigenvalue weighted by Crippen LogP contribution is 2.33. The minimum atomic E-state index is 0.557. The van der Waals surface area contributed by atoms with E-state index in [1.165, 1.54) is 11.3 Å². The molecule has 0 N–H and O–H groups in total. The van der Waals surface area contributed by atoms with Gasteiger partial charge in [-0.15, -0.1) is 19.6 Å². The van der Waals surface area contributed by atoms with Crippen molar-refractivity contribution in [2.45, 2.75) is 26.3 Å². The van der Waals surface area contributed by atoms with Crippen LogP contribution >= 0.6 is 0 Å². The highest BCUT2D eigenvalue weighted by Gasteiger charge is 2.22. The van der Waals surface area contributed by atoms with Crippen molar-refractivity contribution in [3.8, 4) is 0 Å². The predicted molar refractivity (Wildman–Crippen MR) is 83.5 cm³/mol. The van der Waals surface area contributed by atoms with Gasteiger partial charge in [0.2, 0.25) is 11.5 Å². The van der Waals surface area contributed by atoms with Gasteiger partial charge >= 0.3 is 0 Å². The van der Waals surface area contributed by atoms with Crippen LogP contribution in [0.1, 0.15) is 18.2 Å². The minimum absolute atomic E-state index is 0.557. The first-order valence-corrected chi connectivity index (χ1v) is 7.27. The largest absolute Gasteiger partial charge is 0.371 e. The fourth-order valence-electron chi connectivity index (χ4n) is 2.80. The van der Waals surface area contributed by atoms with E-state index in [2.05, 4.69) is 48.2 Å². The summed E-state index contributed by atoms with van der Waals surface area (Å²) in [6, 6.07) is 8.92. The Kier molecular flexibility index (Phi) is 3.27. The molecule has 0 bridgehead atoms. The number of aryl methyl sites for hydroxylation is 1. The van der Waals surface area contributed by atoms with Gasteiger partial charge in [-0.05, 0) is 37.1 Å². The highest BCUT2D eigenvalue weighted by atomic mass is 15.4. The lowest BCUT2D eigenvalue weighted by Gasteiger charge is -2.17. The molecule has 5 heteroatoms. The van der Waals surface area contributed by atoms with Crippen LogP contribution in [0.25, 0.3) is 0 Å². The van der Waals surface area contributed by atoms with Crippen molar-refractivity contribution < 1.29 is 4.68 Å². The second-order valence-corrected chi connectivity index (χ2v) is 5.87. The summed E-state index contributed by atoms with van der Waals surface area (Å²) in [7, 11) is 6.14. The molecule has 21 heavy (non-hydrogen) atoms. The first kappa shape index (κ1) is 13.8. The summed E-state index contributed by atoms with van der Waals surface area (Å²) < 4.78 is 4.04. The highest BCUT2D eigenvalue weighted by molar-refractivity contribution is 5.63. The quantitative estimate of drug-likeness (QED) is 0.617. The molecule has 3 rings (SSSR count). The van der Waals surface area contributed by atoms with Gasteiger partial charge in [-0.25, -0.2) is 0 Å². The number of fused-ring (bicyclic) bond motifs is 1. The number of azo groups is 1. The molecule has 1 aromatic carbocycles. The zero-order valence-electron chi connectivity index (χ0n) is 13.3. The van der Waals surface area contributed by atoms with Crippen molar-refractivity contribution in [2.75, 3.05) is 11.9 Å². The summed E-state index contributed by atoms with van der Waals surface area (Å²) in [5.41, 5.74) is 4.74. The van der Waals surface area contributed by atoms with Crippen molar-refractivity contribution in [2.24, 2.45) is 24.3 Å². The third-order valence-electron chi connectivity index (χ3n) is 4.52. The summed E-state index contributed by atoms with van der Waals surface area (Å²) in [5, 5.41) is 8.77. The summed E-state index contributed by atoms with van der Waals surface area (Å²) >= 11 is 0. The molecule has 0 saturated carbocycles. The number of hydrogen-bond donors (Lipinski definition) is 0. The van der Waals surface area contributed by atoms with Gasteiger partial charge in [-0.3, -0.25) is 0 Å². The van der Waals surface area contributed by atoms with E-state index in [1.807, 2.05) is 35.6 Å². The summed E-state index contributed by atoms with van der Waals surface area (Å²) in [6.45, 7) is 4.31. The smallest absolute Gasteiger partial charge is 0.215 e. The number of nitrogens with zero attached hydrogens (tertiary/aromatic N) is 5. The fraction of sp³-hybridized carbons (Fsp3) is 0.438. The van der Waals surface area contributed by atoms with Crippen LogP contribution in [0, 0.1) is 6.92 Å². The van der Waals surface area contributed by atoms with E-state index in [0.717, 1.165) is 23.6 Å². The average molecular weight is 284 g/mol. The van der Waals surface area contributed by atoms with Crippen LogP contribution in [0.2, 0.25) is 0 Å². The number of likely N-dealkylation sites (N-methyl/N-ethyl adjacent to an activating group) is 1. The van der Waals surface area contributed by atoms with Gasteiger partial charge in [0.05, 0.1) is 18.8 Å². The van der Waals surface area contributed by atoms with E-state index in [0.29, 0.717) is 6.04 Å². The van der Waals surface area contributed by atoms with Crippen LogP contribution in [-0.2, 0) is 20.5 Å². The van der Waals surface area contributed by atoms with Gasteiger partial charge in [0.1, 0.15) is 0 Å². The van der Waals surface area contributed by atoms with Crippen molar-refractivity contribution >= 4 is 17.2 Å². The molecule has 110 valence electrons. The average Bonchev–Trinajstić information content (AvgIpc) is 2.88. The Morgan fingerprint density at radius 1 is 1.19 bits per heavy atom. The van der Waals surface area contributed by atoms with E-state index in [-0.39, 0.29) is 0 Å². The standard InChI is InChI=1S/C16H22N5/c1-11-8-13-10-14(6-7-15(13)19(11)3)17-18-16-9-12(2)20(4)21(16)5/h6-7,9-11H,8H2,1-5H3/q+1. The zero-order chi connectivity index (χ0) is 15.1. The monoisotopic (exact) mass is 284 g/mol. The molecule has 1 aliphatic heterocycles. The van der Waals surface area contributed by atoms with Gasteiger partial charge in [-0.2, -0.15) is 0 Å². The molecule has 1 aliphatic rings. The number of rotatable bonds is 2. The van der Waals surface area contributed by atoms with Crippen LogP contribution in [0.4, 0.5) is 17.2 Å². The maximum atomic E-state index is 4.39. The Morgan fingerprint density at radius 2 is 1.95 bits per heavy atom. The second kappa shape index (κ2) is 4.98. The van der Waals surface area contributed by atoms with Gasteiger partial charge in [-0.1, -0.05) is 0 Å². The molecule has 0 saturated heterocycles. The molecule has 0 radical (unpaired) electrons. The molecule has 1 aromatic heterocycles. The zero-order valence-corrected chi connectivity index (χ0v) is 13.3. The van der Waals surface area contributed by atoms with Gasteiger partial charge < -0.3 is 4.90 Å². The Hall–Kier alpha value is -2.17. The van der Waals surface area contributed by atoms with Gasteiger partial charge in [0.25, 0.3) is 0 Å². The topological polar surface area (TPSA) is 36.8 Å². The van der Waals surface area contributed by atoms with Crippen molar-refractivity contribution in [1.29, 1.82) is 0 Å². The summed E-state index contributed by atoms with van der Waals surface area (Å²) in [4.78, 5) is 2.32. The second-order valence-electron chi connectivity index (χ2n) is 5.87. The first-order chi connectivity index (χ1) is 9.97. The number of aromatic nitrogens is 2. The molecular weight excluding hydrogens is 262 g/mol.